The summed E-state index contributed by atoms with van der Waals surface area (Å²) in [5.41, 5.74) is 1.67. The van der Waals surface area contributed by atoms with Crippen molar-refractivity contribution in [1.82, 2.24) is 40.7 Å². The van der Waals surface area contributed by atoms with Gasteiger partial charge in [0.05, 0.1) is 24.1 Å². The molecule has 0 spiro atoms. The highest BCUT2D eigenvalue weighted by atomic mass is 19.1. The minimum absolute atomic E-state index is 0.0191. The number of piperazine rings is 1. The van der Waals surface area contributed by atoms with Gasteiger partial charge in [0.2, 0.25) is 17.7 Å². The number of piperidine rings is 1. The second-order valence-corrected chi connectivity index (χ2v) is 24.4. The molecule has 0 radical (unpaired) electrons. The molecule has 2 bridgehead atoms. The number of fused-ring (bicyclic) bond motifs is 4. The first-order chi connectivity index (χ1) is 38.3. The topological polar surface area (TPSA) is 185 Å². The number of anilines is 1. The summed E-state index contributed by atoms with van der Waals surface area (Å²) in [5, 5.41) is 32.8. The van der Waals surface area contributed by atoms with E-state index >= 15 is 8.78 Å². The largest absolute Gasteiger partial charge is 0.508 e. The number of ether oxygens (including phenoxy) is 1. The molecule has 1 aliphatic carbocycles. The standard InChI is InChI=1S/C62H72F3N9O6/c1-6-44-49(64)20-17-39-25-42(75)26-46(52(39)44)54-53(65)55-47(28-66-54)57(73-30-40-18-19-41(31-73)68-40)71-60(70-55)80-34-62(21-22-62)33-72-23-9-10-36(29-72)24-51(77)69-56(61(3,4)5)59(79)74-32-43(76)27-50(74)58(78)67-35(2)37-13-15-38(16-14-37)45-11-7-8-12-48(45)63/h7-8,11-17,20,25-26,28,35-36,40-41,43,50,56,68,75-76H,6,9-10,18-19,21-24,27,29-34H2,1-5H3,(H,67,78)(H,69,77)/t35-,36+,40?,41?,43+,50-,56+/m0/s1. The minimum atomic E-state index is -0.966. The van der Waals surface area contributed by atoms with Crippen molar-refractivity contribution in [3.05, 3.63) is 108 Å². The van der Waals surface area contributed by atoms with Crippen LogP contribution in [0.15, 0.2) is 79.0 Å². The third kappa shape index (κ3) is 11.4. The van der Waals surface area contributed by atoms with Gasteiger partial charge in [-0.05, 0) is 121 Å². The van der Waals surface area contributed by atoms with Gasteiger partial charge in [-0.1, -0.05) is 76.2 Å². The number of halogens is 3. The van der Waals surface area contributed by atoms with Crippen LogP contribution in [0.3, 0.4) is 0 Å². The van der Waals surface area contributed by atoms with Crippen molar-refractivity contribution in [2.24, 2.45) is 16.7 Å². The molecule has 80 heavy (non-hydrogen) atoms. The lowest BCUT2D eigenvalue weighted by Gasteiger charge is -2.37. The van der Waals surface area contributed by atoms with Crippen LogP contribution in [0.2, 0.25) is 0 Å². The van der Waals surface area contributed by atoms with Crippen molar-refractivity contribution in [2.45, 2.75) is 129 Å². The minimum Gasteiger partial charge on any atom is -0.508 e. The van der Waals surface area contributed by atoms with Crippen LogP contribution in [0, 0.1) is 34.2 Å². The fraction of sp³-hybridized carbons (Fsp3) is 0.484. The summed E-state index contributed by atoms with van der Waals surface area (Å²) < 4.78 is 53.6. The van der Waals surface area contributed by atoms with Crippen LogP contribution in [-0.2, 0) is 20.8 Å². The number of phenolic OH excluding ortho intramolecular Hbond substituents is 1. The van der Waals surface area contributed by atoms with Crippen LogP contribution in [0.5, 0.6) is 11.8 Å². The number of pyridine rings is 1. The number of hydrogen-bond donors (Lipinski definition) is 5. The molecule has 4 aliphatic heterocycles. The summed E-state index contributed by atoms with van der Waals surface area (Å²) in [6, 6.07) is 17.9. The van der Waals surface area contributed by atoms with Crippen LogP contribution in [-0.4, -0.2) is 129 Å². The van der Waals surface area contributed by atoms with Crippen LogP contribution in [0.1, 0.15) is 103 Å². The molecule has 11 rings (SSSR count). The maximum atomic E-state index is 17.3. The van der Waals surface area contributed by atoms with E-state index in [1.54, 1.807) is 42.6 Å². The van der Waals surface area contributed by atoms with Gasteiger partial charge in [-0.25, -0.2) is 13.2 Å². The number of hydrogen-bond acceptors (Lipinski definition) is 12. The van der Waals surface area contributed by atoms with Crippen molar-refractivity contribution in [3.8, 4) is 34.1 Å². The van der Waals surface area contributed by atoms with Gasteiger partial charge in [0.25, 0.3) is 0 Å². The number of aromatic hydroxyl groups is 1. The molecule has 18 heteroatoms. The molecule has 6 aromatic rings. The monoisotopic (exact) mass is 1100 g/mol. The number of nitrogens with zero attached hydrogens (tertiary/aromatic N) is 6. The predicted octanol–water partition coefficient (Wildman–Crippen LogP) is 8.77. The number of aliphatic hydroxyl groups excluding tert-OH is 1. The Morgan fingerprint density at radius 1 is 0.900 bits per heavy atom. The first-order valence-electron chi connectivity index (χ1n) is 28.4. The fourth-order valence-corrected chi connectivity index (χ4v) is 12.8. The van der Waals surface area contributed by atoms with Gasteiger partial charge in [0.1, 0.15) is 46.5 Å². The highest BCUT2D eigenvalue weighted by Crippen LogP contribution is 2.48. The maximum absolute atomic E-state index is 17.3. The maximum Gasteiger partial charge on any atom is 0.319 e. The molecule has 15 nitrogen and oxygen atoms in total. The lowest BCUT2D eigenvalue weighted by Crippen LogP contribution is -2.58. The van der Waals surface area contributed by atoms with E-state index in [0.29, 0.717) is 71.3 Å². The number of phenols is 1. The zero-order valence-electron chi connectivity index (χ0n) is 46.2. The molecule has 422 valence electrons. The van der Waals surface area contributed by atoms with Crippen LogP contribution < -0.4 is 25.6 Å². The summed E-state index contributed by atoms with van der Waals surface area (Å²) in [6.45, 7) is 13.1. The lowest BCUT2D eigenvalue weighted by atomic mass is 9.85. The number of nitrogens with one attached hydrogen (secondary N) is 3. The number of rotatable bonds is 16. The average molecular weight is 1100 g/mol. The Morgan fingerprint density at radius 2 is 1.65 bits per heavy atom. The van der Waals surface area contributed by atoms with E-state index in [1.807, 2.05) is 46.8 Å². The average Bonchev–Trinajstić information content (AvgIpc) is 3.80. The van der Waals surface area contributed by atoms with Gasteiger partial charge in [-0.15, -0.1) is 0 Å². The quantitative estimate of drug-likeness (QED) is 0.0622. The first kappa shape index (κ1) is 55.0. The van der Waals surface area contributed by atoms with E-state index in [-0.39, 0.29) is 83.1 Å². The highest BCUT2D eigenvalue weighted by molar-refractivity contribution is 6.02. The molecule has 4 aromatic carbocycles. The van der Waals surface area contributed by atoms with Gasteiger partial charge < -0.3 is 45.6 Å². The number of likely N-dealkylation sites (tertiary alicyclic amines) is 2. The van der Waals surface area contributed by atoms with Gasteiger partial charge in [0, 0.05) is 80.4 Å². The Bertz CT molecular complexity index is 3320. The molecule has 3 amide bonds. The van der Waals surface area contributed by atoms with Crippen LogP contribution >= 0.6 is 0 Å². The summed E-state index contributed by atoms with van der Waals surface area (Å²) >= 11 is 0. The summed E-state index contributed by atoms with van der Waals surface area (Å²) in [7, 11) is 0. The van der Waals surface area contributed by atoms with Crippen molar-refractivity contribution >= 4 is 45.2 Å². The molecule has 5 N–H and O–H groups in total. The number of β-amino-alcohol motifs (C(OH)–C–C–N with tert-alkyl or cyclic N) is 1. The smallest absolute Gasteiger partial charge is 0.319 e. The molecule has 4 saturated heterocycles. The van der Waals surface area contributed by atoms with Crippen molar-refractivity contribution in [1.29, 1.82) is 0 Å². The third-order valence-corrected chi connectivity index (χ3v) is 17.3. The molecule has 7 atom stereocenters. The second kappa shape index (κ2) is 22.2. The van der Waals surface area contributed by atoms with Crippen molar-refractivity contribution in [3.63, 3.8) is 0 Å². The van der Waals surface area contributed by atoms with Gasteiger partial charge >= 0.3 is 6.01 Å². The van der Waals surface area contributed by atoms with E-state index in [2.05, 4.69) is 30.7 Å². The molecule has 2 unspecified atom stereocenters. The van der Waals surface area contributed by atoms with E-state index < -0.39 is 53.1 Å². The fourth-order valence-electron chi connectivity index (χ4n) is 12.8. The lowest BCUT2D eigenvalue weighted by molar-refractivity contribution is -0.144. The predicted molar refractivity (Wildman–Crippen MR) is 300 cm³/mol. The van der Waals surface area contributed by atoms with E-state index in [0.717, 1.165) is 57.2 Å². The summed E-state index contributed by atoms with van der Waals surface area (Å²) in [6.07, 6.45) is 6.84. The molecule has 5 aliphatic rings. The number of carbonyl (C=O) groups is 3. The Morgan fingerprint density at radius 3 is 2.36 bits per heavy atom. The van der Waals surface area contributed by atoms with Gasteiger partial charge in [-0.2, -0.15) is 9.97 Å². The van der Waals surface area contributed by atoms with E-state index in [4.69, 9.17) is 14.7 Å². The number of aromatic nitrogens is 3. The SMILES string of the molecule is CCc1c(F)ccc2cc(O)cc(-c3ncc4c(N5CC6CCC(C5)N6)nc(OCC5(CN6CCC[C@H](CC(=O)N[C@H](C(=O)N7C[C@H](O)C[C@H]7C(=O)N[C@@H](C)c7ccc(-c8ccccc8F)cc7)C(C)(C)C)C6)CC5)nc4c3F)c12. The van der Waals surface area contributed by atoms with E-state index in [1.165, 1.54) is 29.2 Å². The third-order valence-electron chi connectivity index (χ3n) is 17.3. The van der Waals surface area contributed by atoms with Crippen LogP contribution in [0.4, 0.5) is 19.0 Å². The Balaban J connectivity index is 0.747. The zero-order valence-corrected chi connectivity index (χ0v) is 46.2. The molecule has 2 aromatic heterocycles. The Labute approximate surface area is 464 Å². The zero-order chi connectivity index (χ0) is 56.2. The van der Waals surface area contributed by atoms with Gasteiger partial charge in [0.15, 0.2) is 5.82 Å². The molecular weight excluding hydrogens is 1020 g/mol. The van der Waals surface area contributed by atoms with E-state index in [9.17, 15) is 29.0 Å². The number of benzene rings is 4. The highest BCUT2D eigenvalue weighted by Gasteiger charge is 2.47. The molecule has 5 fully saturated rings. The molecular formula is C62H72F3N9O6. The van der Waals surface area contributed by atoms with Gasteiger partial charge in [-0.3, -0.25) is 19.4 Å². The molecule has 6 heterocycles. The number of aryl methyl sites for hydroxylation is 1. The first-order valence-corrected chi connectivity index (χ1v) is 28.4. The Hall–Kier alpha value is -6.89. The summed E-state index contributed by atoms with van der Waals surface area (Å²) in [4.78, 5) is 62.7. The second-order valence-electron chi connectivity index (χ2n) is 24.4. The van der Waals surface area contributed by atoms with Crippen LogP contribution in [0.25, 0.3) is 44.1 Å². The van der Waals surface area contributed by atoms with Crippen molar-refractivity contribution < 1.29 is 42.5 Å². The number of aliphatic hydroxyl groups is 1. The normalized spacial score (nSPS) is 22.6. The van der Waals surface area contributed by atoms with Crippen molar-refractivity contribution in [2.75, 3.05) is 50.8 Å². The summed E-state index contributed by atoms with van der Waals surface area (Å²) in [5.74, 6) is -2.11. The molecule has 1 saturated carbocycles. The Kier molecular flexibility index (Phi) is 15.3. The number of carbonyl (C=O) groups excluding carboxylic acids is 3. The number of amides is 3.